The molecule has 0 saturated heterocycles. The number of hydrogen-bond acceptors (Lipinski definition) is 2. The molecular weight excluding hydrogens is 329 g/mol. The Morgan fingerprint density at radius 3 is 2.50 bits per heavy atom. The van der Waals surface area contributed by atoms with E-state index in [1.54, 1.807) is 24.3 Å². The molecular formula is C22H20FNO2. The number of halogens is 1. The van der Waals surface area contributed by atoms with Gasteiger partial charge in [-0.1, -0.05) is 43.3 Å². The lowest BCUT2D eigenvalue weighted by atomic mass is 10.1. The third-order valence-corrected chi connectivity index (χ3v) is 4.19. The summed E-state index contributed by atoms with van der Waals surface area (Å²) >= 11 is 0. The van der Waals surface area contributed by atoms with Gasteiger partial charge in [-0.05, 0) is 47.7 Å². The van der Waals surface area contributed by atoms with Crippen molar-refractivity contribution >= 4 is 22.4 Å². The van der Waals surface area contributed by atoms with Gasteiger partial charge in [0, 0.05) is 16.6 Å². The summed E-state index contributed by atoms with van der Waals surface area (Å²) in [6.07, 6.45) is 1.17. The summed E-state index contributed by atoms with van der Waals surface area (Å²) in [5.41, 5.74) is 1.89. The SMILES string of the molecule is CCC(=CF)COc1ccc(C(=O)Nc2cccc3ccccc23)cc1. The standard InChI is InChI=1S/C22H20FNO2/c1-2-16(14-23)15-26-19-12-10-18(11-13-19)22(25)24-21-9-5-7-17-6-3-4-8-20(17)21/h3-14H,2,15H2,1H3,(H,24,25). The third-order valence-electron chi connectivity index (χ3n) is 4.19. The average molecular weight is 349 g/mol. The Hall–Kier alpha value is -3.14. The third kappa shape index (κ3) is 4.09. The molecule has 1 N–H and O–H groups in total. The maximum absolute atomic E-state index is 12.6. The second-order valence-corrected chi connectivity index (χ2v) is 5.91. The zero-order valence-electron chi connectivity index (χ0n) is 14.5. The summed E-state index contributed by atoms with van der Waals surface area (Å²) in [4.78, 5) is 12.5. The maximum Gasteiger partial charge on any atom is 0.255 e. The first-order valence-electron chi connectivity index (χ1n) is 8.51. The molecule has 4 heteroatoms. The highest BCUT2D eigenvalue weighted by atomic mass is 19.1. The van der Waals surface area contributed by atoms with Crippen molar-refractivity contribution in [3.63, 3.8) is 0 Å². The van der Waals surface area contributed by atoms with Crippen molar-refractivity contribution in [3.8, 4) is 5.75 Å². The molecule has 3 nitrogen and oxygen atoms in total. The van der Waals surface area contributed by atoms with Gasteiger partial charge < -0.3 is 10.1 Å². The van der Waals surface area contributed by atoms with Crippen LogP contribution in [0.15, 0.2) is 78.6 Å². The molecule has 0 bridgehead atoms. The van der Waals surface area contributed by atoms with Crippen LogP contribution in [0.25, 0.3) is 10.8 Å². The van der Waals surface area contributed by atoms with E-state index in [0.29, 0.717) is 29.6 Å². The van der Waals surface area contributed by atoms with Gasteiger partial charge in [0.25, 0.3) is 5.91 Å². The molecule has 0 saturated carbocycles. The van der Waals surface area contributed by atoms with E-state index in [9.17, 15) is 9.18 Å². The van der Waals surface area contributed by atoms with Crippen molar-refractivity contribution in [2.45, 2.75) is 13.3 Å². The Balaban J connectivity index is 1.70. The largest absolute Gasteiger partial charge is 0.489 e. The number of ether oxygens (including phenoxy) is 1. The van der Waals surface area contributed by atoms with Crippen LogP contribution in [0.4, 0.5) is 10.1 Å². The highest BCUT2D eigenvalue weighted by Gasteiger charge is 2.08. The van der Waals surface area contributed by atoms with E-state index in [1.165, 1.54) is 0 Å². The van der Waals surface area contributed by atoms with Crippen LogP contribution in [0.5, 0.6) is 5.75 Å². The van der Waals surface area contributed by atoms with Gasteiger partial charge in [0.05, 0.1) is 6.33 Å². The number of fused-ring (bicyclic) bond motifs is 1. The predicted molar refractivity (Wildman–Crippen MR) is 103 cm³/mol. The minimum absolute atomic E-state index is 0.189. The number of amides is 1. The summed E-state index contributed by atoms with van der Waals surface area (Å²) in [5, 5.41) is 5.02. The lowest BCUT2D eigenvalue weighted by molar-refractivity contribution is 0.102. The Kier molecular flexibility index (Phi) is 5.64. The van der Waals surface area contributed by atoms with Crippen molar-refractivity contribution in [1.29, 1.82) is 0 Å². The number of benzene rings is 3. The van der Waals surface area contributed by atoms with E-state index < -0.39 is 0 Å². The van der Waals surface area contributed by atoms with Crippen LogP contribution in [-0.2, 0) is 0 Å². The minimum Gasteiger partial charge on any atom is -0.489 e. The van der Waals surface area contributed by atoms with Gasteiger partial charge in [0.15, 0.2) is 0 Å². The van der Waals surface area contributed by atoms with Crippen molar-refractivity contribution in [1.82, 2.24) is 0 Å². The topological polar surface area (TPSA) is 38.3 Å². The molecule has 0 aromatic heterocycles. The summed E-state index contributed by atoms with van der Waals surface area (Å²) in [7, 11) is 0. The number of carbonyl (C=O) groups is 1. The Labute approximate surface area is 152 Å². The molecule has 0 aliphatic heterocycles. The summed E-state index contributed by atoms with van der Waals surface area (Å²) in [5.74, 6) is 0.408. The molecule has 0 unspecified atom stereocenters. The van der Waals surface area contributed by atoms with Gasteiger partial charge in [-0.3, -0.25) is 4.79 Å². The lowest BCUT2D eigenvalue weighted by Crippen LogP contribution is -2.12. The molecule has 0 fully saturated rings. The highest BCUT2D eigenvalue weighted by molar-refractivity contribution is 6.09. The van der Waals surface area contributed by atoms with E-state index >= 15 is 0 Å². The molecule has 0 aliphatic rings. The number of anilines is 1. The van der Waals surface area contributed by atoms with Crippen LogP contribution in [0, 0.1) is 0 Å². The van der Waals surface area contributed by atoms with Gasteiger partial charge in [0.2, 0.25) is 0 Å². The zero-order valence-corrected chi connectivity index (χ0v) is 14.5. The van der Waals surface area contributed by atoms with Crippen LogP contribution >= 0.6 is 0 Å². The first-order chi connectivity index (χ1) is 12.7. The highest BCUT2D eigenvalue weighted by Crippen LogP contribution is 2.24. The fraction of sp³-hybridized carbons (Fsp3) is 0.136. The van der Waals surface area contributed by atoms with Crippen LogP contribution in [0.3, 0.4) is 0 Å². The molecule has 132 valence electrons. The summed E-state index contributed by atoms with van der Waals surface area (Å²) in [6, 6.07) is 20.5. The molecule has 0 atom stereocenters. The van der Waals surface area contributed by atoms with Crippen LogP contribution < -0.4 is 10.1 Å². The molecule has 3 aromatic rings. The number of rotatable bonds is 6. The van der Waals surface area contributed by atoms with Crippen LogP contribution in [-0.4, -0.2) is 12.5 Å². The smallest absolute Gasteiger partial charge is 0.255 e. The number of hydrogen-bond donors (Lipinski definition) is 1. The van der Waals surface area contributed by atoms with Gasteiger partial charge in [0.1, 0.15) is 12.4 Å². The quantitative estimate of drug-likeness (QED) is 0.617. The van der Waals surface area contributed by atoms with E-state index in [0.717, 1.165) is 16.5 Å². The van der Waals surface area contributed by atoms with E-state index in [1.807, 2.05) is 49.4 Å². The van der Waals surface area contributed by atoms with Gasteiger partial charge in [-0.15, -0.1) is 0 Å². The second kappa shape index (κ2) is 8.30. The molecule has 3 aromatic carbocycles. The molecule has 0 heterocycles. The van der Waals surface area contributed by atoms with Crippen LogP contribution in [0.2, 0.25) is 0 Å². The normalized spacial score (nSPS) is 11.4. The number of nitrogens with one attached hydrogen (secondary N) is 1. The average Bonchev–Trinajstić information content (AvgIpc) is 2.69. The predicted octanol–water partition coefficient (Wildman–Crippen LogP) is 5.73. The van der Waals surface area contributed by atoms with Crippen molar-refractivity contribution in [2.24, 2.45) is 0 Å². The van der Waals surface area contributed by atoms with Gasteiger partial charge in [-0.25, -0.2) is 4.39 Å². The Morgan fingerprint density at radius 1 is 1.04 bits per heavy atom. The van der Waals surface area contributed by atoms with Gasteiger partial charge >= 0.3 is 0 Å². The first-order valence-corrected chi connectivity index (χ1v) is 8.51. The fourth-order valence-electron chi connectivity index (χ4n) is 2.62. The van der Waals surface area contributed by atoms with E-state index in [2.05, 4.69) is 5.32 Å². The van der Waals surface area contributed by atoms with E-state index in [4.69, 9.17) is 4.74 Å². The van der Waals surface area contributed by atoms with Crippen LogP contribution in [0.1, 0.15) is 23.7 Å². The van der Waals surface area contributed by atoms with Crippen molar-refractivity contribution in [3.05, 3.63) is 84.2 Å². The second-order valence-electron chi connectivity index (χ2n) is 5.91. The lowest BCUT2D eigenvalue weighted by Gasteiger charge is -2.10. The van der Waals surface area contributed by atoms with Gasteiger partial charge in [-0.2, -0.15) is 0 Å². The van der Waals surface area contributed by atoms with Crippen molar-refractivity contribution in [2.75, 3.05) is 11.9 Å². The molecule has 3 rings (SSSR count). The molecule has 26 heavy (non-hydrogen) atoms. The zero-order chi connectivity index (χ0) is 18.4. The summed E-state index contributed by atoms with van der Waals surface area (Å²) < 4.78 is 18.1. The monoisotopic (exact) mass is 349 g/mol. The van der Waals surface area contributed by atoms with E-state index in [-0.39, 0.29) is 12.5 Å². The summed E-state index contributed by atoms with van der Waals surface area (Å²) in [6.45, 7) is 2.07. The Morgan fingerprint density at radius 2 is 1.77 bits per heavy atom. The molecule has 0 radical (unpaired) electrons. The fourth-order valence-corrected chi connectivity index (χ4v) is 2.62. The minimum atomic E-state index is -0.189. The van der Waals surface area contributed by atoms with Crippen molar-refractivity contribution < 1.29 is 13.9 Å². The maximum atomic E-state index is 12.6. The number of carbonyl (C=O) groups excluding carboxylic acids is 1. The Bertz CT molecular complexity index is 927. The molecule has 0 aliphatic carbocycles. The first kappa shape index (κ1) is 17.7. The molecule has 0 spiro atoms. The molecule has 1 amide bonds.